The van der Waals surface area contributed by atoms with Crippen LogP contribution in [0.15, 0.2) is 134 Å². The van der Waals surface area contributed by atoms with Crippen LogP contribution in [0.4, 0.5) is 105 Å². The fraction of sp³-hybridized carbons (Fsp3) is 0.217. The minimum atomic E-state index is -6.13. The van der Waals surface area contributed by atoms with E-state index in [-0.39, 0.29) is 0 Å². The quantitative estimate of drug-likeness (QED) is 0.0642. The second-order valence-electron chi connectivity index (χ2n) is 15.9. The highest BCUT2D eigenvalue weighted by Gasteiger charge is 2.47. The fourth-order valence-electron chi connectivity index (χ4n) is 7.70. The van der Waals surface area contributed by atoms with Gasteiger partial charge in [0.25, 0.3) is 0 Å². The number of benzene rings is 5. The Balaban J connectivity index is 0.000000520. The summed E-state index contributed by atoms with van der Waals surface area (Å²) in [6.45, 7) is 4.60. The van der Waals surface area contributed by atoms with Crippen molar-refractivity contribution in [1.82, 2.24) is 4.98 Å². The largest absolute Gasteiger partial charge is 0.416 e. The van der Waals surface area contributed by atoms with Crippen LogP contribution in [-0.2, 0) is 62.4 Å². The first-order valence-corrected chi connectivity index (χ1v) is 20.0. The molecule has 6 aromatic rings. The molecule has 0 aliphatic carbocycles. The monoisotopic (exact) mass is 1070 g/mol. The summed E-state index contributed by atoms with van der Waals surface area (Å²) in [4.78, 5) is 4.28. The Bertz CT molecular complexity index is 2480. The topological polar surface area (TPSA) is 16.8 Å². The number of hydrogen-bond donors (Lipinski definition) is 0. The van der Waals surface area contributed by atoms with E-state index in [1.807, 2.05) is 24.5 Å². The van der Waals surface area contributed by atoms with Crippen molar-refractivity contribution in [2.45, 2.75) is 62.4 Å². The molecule has 0 unspecified atom stereocenters. The predicted octanol–water partition coefficient (Wildman–Crippen LogP) is 13.4. The summed E-state index contributed by atoms with van der Waals surface area (Å²) in [5.41, 5.74) is -27.9. The second-order valence-corrected chi connectivity index (χ2v) is 15.9. The molecule has 0 aliphatic rings. The minimum Gasteiger partial charge on any atom is -0.248 e. The van der Waals surface area contributed by atoms with Gasteiger partial charge in [-0.3, -0.25) is 0 Å². The van der Waals surface area contributed by atoms with Crippen molar-refractivity contribution in [1.29, 1.82) is 0 Å². The third kappa shape index (κ3) is 13.7. The minimum absolute atomic E-state index is 0.691. The van der Waals surface area contributed by atoms with Crippen LogP contribution in [0, 0.1) is 0 Å². The van der Waals surface area contributed by atoms with Gasteiger partial charge in [-0.25, -0.2) is 4.98 Å². The maximum Gasteiger partial charge on any atom is 0.416 e. The van der Waals surface area contributed by atoms with E-state index in [0.29, 0.717) is 0 Å². The highest BCUT2D eigenvalue weighted by Crippen LogP contribution is 2.41. The molecule has 0 bridgehead atoms. The molecule has 0 atom stereocenters. The van der Waals surface area contributed by atoms with Crippen LogP contribution in [0.25, 0.3) is 0 Å². The van der Waals surface area contributed by atoms with Gasteiger partial charge in [0, 0.05) is 12.0 Å². The van der Waals surface area contributed by atoms with E-state index in [0.717, 1.165) is 18.7 Å². The first-order valence-electron chi connectivity index (χ1n) is 20.0. The predicted molar refractivity (Wildman–Crippen MR) is 214 cm³/mol. The summed E-state index contributed by atoms with van der Waals surface area (Å²) in [6, 6.07) is 1.59. The first-order chi connectivity index (χ1) is 33.1. The lowest BCUT2D eigenvalue weighted by Crippen LogP contribution is -2.75. The zero-order valence-electron chi connectivity index (χ0n) is 35.8. The van der Waals surface area contributed by atoms with Crippen molar-refractivity contribution in [2.75, 3.05) is 0 Å². The number of nitrogens with zero attached hydrogens (tertiary/aromatic N) is 2. The Morgan fingerprint density at radius 3 is 0.890 bits per heavy atom. The Morgan fingerprint density at radius 1 is 0.397 bits per heavy atom. The van der Waals surface area contributed by atoms with Gasteiger partial charge in [-0.05, 0) is 24.3 Å². The lowest BCUT2D eigenvalue weighted by molar-refractivity contribution is -0.689. The number of allylic oxidation sites excluding steroid dienone is 1. The van der Waals surface area contributed by atoms with E-state index >= 15 is 0 Å². The third-order valence-corrected chi connectivity index (χ3v) is 10.8. The van der Waals surface area contributed by atoms with Crippen LogP contribution >= 0.6 is 0 Å². The van der Waals surface area contributed by atoms with Gasteiger partial charge in [-0.15, -0.1) is 6.58 Å². The number of hydrogen-bond acceptors (Lipinski definition) is 1. The Labute approximate surface area is 395 Å². The average molecular weight is 1070 g/mol. The summed E-state index contributed by atoms with van der Waals surface area (Å²) in [5.74, 6) is 0. The SMILES string of the molecule is C=CCc1c[n+](Cc2ccccc2)ccn1.FC(F)(F)c1cc([B-](c2cc(C(F)(F)F)cc(C(F)(F)F)c2)(c2cc(C(F)(F)F)cc(C(F)(F)F)c2)c2cc(C(F)(F)F)cc(C(F)(F)F)c2)cc(C(F)(F)F)c1. The van der Waals surface area contributed by atoms with Crippen molar-refractivity contribution in [2.24, 2.45) is 0 Å². The molecule has 5 aromatic carbocycles. The van der Waals surface area contributed by atoms with Gasteiger partial charge in [0.1, 0.15) is 11.8 Å². The molecule has 0 amide bonds. The Morgan fingerprint density at radius 2 is 0.658 bits per heavy atom. The molecule has 0 spiro atoms. The second kappa shape index (κ2) is 20.0. The molecule has 6 rings (SSSR count). The maximum atomic E-state index is 14.2. The van der Waals surface area contributed by atoms with Crippen LogP contribution < -0.4 is 26.4 Å². The fourth-order valence-corrected chi connectivity index (χ4v) is 7.70. The number of alkyl halides is 24. The molecule has 27 heteroatoms. The van der Waals surface area contributed by atoms with Crippen molar-refractivity contribution in [3.05, 3.63) is 190 Å². The summed E-state index contributed by atoms with van der Waals surface area (Å²) < 4.78 is 343. The molecule has 1 heterocycles. The lowest BCUT2D eigenvalue weighted by atomic mass is 9.12. The van der Waals surface area contributed by atoms with E-state index in [1.165, 1.54) is 5.56 Å². The van der Waals surface area contributed by atoms with Crippen molar-refractivity contribution in [3.63, 3.8) is 0 Å². The van der Waals surface area contributed by atoms with Gasteiger partial charge in [0.15, 0.2) is 18.9 Å². The van der Waals surface area contributed by atoms with Gasteiger partial charge in [-0.1, -0.05) is 84.9 Å². The molecular weight excluding hydrogens is 1050 g/mol. The average Bonchev–Trinajstić information content (AvgIpc) is 3.25. The smallest absolute Gasteiger partial charge is 0.248 e. The molecule has 1 aromatic heterocycles. The zero-order valence-corrected chi connectivity index (χ0v) is 35.8. The molecule has 0 fully saturated rings. The normalized spacial score (nSPS) is 13.4. The van der Waals surface area contributed by atoms with Gasteiger partial charge < -0.3 is 0 Å². The Hall–Kier alpha value is -6.70. The van der Waals surface area contributed by atoms with Crippen LogP contribution in [0.1, 0.15) is 55.8 Å². The third-order valence-electron chi connectivity index (χ3n) is 10.8. The molecule has 2 nitrogen and oxygen atoms in total. The molecule has 73 heavy (non-hydrogen) atoms. The van der Waals surface area contributed by atoms with Gasteiger partial charge in [0.05, 0.1) is 50.7 Å². The summed E-state index contributed by atoms with van der Waals surface area (Å²) in [5, 5.41) is 0. The van der Waals surface area contributed by atoms with Crippen LogP contribution in [0.2, 0.25) is 0 Å². The molecular formula is C46H27BF24N2. The highest BCUT2D eigenvalue weighted by atomic mass is 19.4. The van der Waals surface area contributed by atoms with Crippen LogP contribution in [0.5, 0.6) is 0 Å². The number of halogens is 24. The Kier molecular flexibility index (Phi) is 15.6. The van der Waals surface area contributed by atoms with Gasteiger partial charge in [-0.2, -0.15) is 132 Å². The molecule has 392 valence electrons. The summed E-state index contributed by atoms with van der Waals surface area (Å²) in [7, 11) is 0. The standard InChI is InChI=1S/C32H12BF24.C14H15N2/c34-25(35,36)13-1-14(26(37,38)39)6-21(5-13)33(22-7-15(27(40,41)42)2-16(8-22)28(43,44)45,23-9-17(29(46,47)48)3-18(10-23)30(49,50)51)24-11-19(31(52,53)54)4-20(12-24)32(55,56)57;1-2-6-14-12-16(10-9-15-14)11-13-7-4-3-5-8-13/h1-12H;2-5,7-10,12H,1,6,11H2/q-1;+1. The van der Waals surface area contributed by atoms with Gasteiger partial charge in [0.2, 0.25) is 0 Å². The molecule has 0 N–H and O–H groups in total. The maximum absolute atomic E-state index is 14.2. The van der Waals surface area contributed by atoms with Crippen LogP contribution in [0.3, 0.4) is 0 Å². The van der Waals surface area contributed by atoms with Crippen molar-refractivity contribution >= 4 is 28.0 Å². The zero-order chi connectivity index (χ0) is 55.1. The lowest BCUT2D eigenvalue weighted by Gasteiger charge is -2.46. The first kappa shape index (κ1) is 57.2. The van der Waals surface area contributed by atoms with E-state index in [9.17, 15) is 105 Å². The van der Waals surface area contributed by atoms with E-state index in [2.05, 4.69) is 46.6 Å². The van der Waals surface area contributed by atoms with Crippen molar-refractivity contribution < 1.29 is 110 Å². The number of aromatic nitrogens is 2. The molecule has 0 saturated heterocycles. The summed E-state index contributed by atoms with van der Waals surface area (Å²) >= 11 is 0. The molecule has 0 aliphatic heterocycles. The van der Waals surface area contributed by atoms with Crippen LogP contribution in [-0.4, -0.2) is 11.1 Å². The molecule has 0 radical (unpaired) electrons. The van der Waals surface area contributed by atoms with E-state index < -0.39 is 195 Å². The van der Waals surface area contributed by atoms with Gasteiger partial charge >= 0.3 is 49.4 Å². The molecule has 0 saturated carbocycles. The summed E-state index contributed by atoms with van der Waals surface area (Å²) in [6.07, 6.45) is -46.2. The van der Waals surface area contributed by atoms with E-state index in [1.54, 1.807) is 0 Å². The number of rotatable bonds is 8. The highest BCUT2D eigenvalue weighted by molar-refractivity contribution is 7.20. The van der Waals surface area contributed by atoms with Crippen molar-refractivity contribution in [3.8, 4) is 0 Å². The van der Waals surface area contributed by atoms with E-state index in [4.69, 9.17) is 0 Å².